The van der Waals surface area contributed by atoms with E-state index in [1.807, 2.05) is 44.2 Å². The molecule has 0 heterocycles. The van der Waals surface area contributed by atoms with Crippen molar-refractivity contribution < 1.29 is 9.53 Å². The van der Waals surface area contributed by atoms with Crippen LogP contribution in [0.25, 0.3) is 0 Å². The van der Waals surface area contributed by atoms with Gasteiger partial charge in [-0.05, 0) is 44.7 Å². The summed E-state index contributed by atoms with van der Waals surface area (Å²) in [5.41, 5.74) is 5.57. The molecule has 1 fully saturated rings. The number of ether oxygens (including phenoxy) is 1. The van der Waals surface area contributed by atoms with Gasteiger partial charge >= 0.3 is 0 Å². The average Bonchev–Trinajstić information content (AvgIpc) is 2.83. The van der Waals surface area contributed by atoms with Gasteiger partial charge in [0.25, 0.3) is 0 Å². The molecule has 0 bridgehead atoms. The second-order valence-electron chi connectivity index (χ2n) is 6.51. The maximum absolute atomic E-state index is 12.0. The number of rotatable bonds is 6. The summed E-state index contributed by atoms with van der Waals surface area (Å²) in [5.74, 6) is 1.22. The van der Waals surface area contributed by atoms with Gasteiger partial charge in [0.15, 0.2) is 0 Å². The van der Waals surface area contributed by atoms with Gasteiger partial charge in [0.2, 0.25) is 5.91 Å². The van der Waals surface area contributed by atoms with Crippen LogP contribution in [-0.2, 0) is 4.79 Å². The lowest BCUT2D eigenvalue weighted by Gasteiger charge is -2.27. The van der Waals surface area contributed by atoms with Gasteiger partial charge in [0.05, 0.1) is 6.54 Å². The van der Waals surface area contributed by atoms with Crippen LogP contribution in [-0.4, -0.2) is 24.1 Å². The molecule has 0 aliphatic heterocycles. The zero-order valence-corrected chi connectivity index (χ0v) is 14.2. The number of amides is 1. The minimum atomic E-state index is -0.436. The van der Waals surface area contributed by atoms with E-state index >= 15 is 0 Å². The Morgan fingerprint density at radius 2 is 2.00 bits per heavy atom. The Kier molecular flexibility index (Phi) is 7.17. The van der Waals surface area contributed by atoms with E-state index in [9.17, 15) is 4.79 Å². The number of carbonyl (C=O) groups excluding carboxylic acids is 1. The van der Waals surface area contributed by atoms with Gasteiger partial charge in [-0.2, -0.15) is 0 Å². The molecule has 1 saturated carbocycles. The summed E-state index contributed by atoms with van der Waals surface area (Å²) in [6.45, 7) is 4.44. The van der Waals surface area contributed by atoms with Crippen LogP contribution >= 0.6 is 12.4 Å². The molecule has 4 nitrogen and oxygen atoms in total. The zero-order chi connectivity index (χ0) is 15.3. The van der Waals surface area contributed by atoms with Gasteiger partial charge in [-0.3, -0.25) is 4.79 Å². The Morgan fingerprint density at radius 3 is 2.59 bits per heavy atom. The summed E-state index contributed by atoms with van der Waals surface area (Å²) < 4.78 is 5.90. The highest BCUT2D eigenvalue weighted by atomic mass is 35.5. The van der Waals surface area contributed by atoms with Gasteiger partial charge in [0.1, 0.15) is 11.4 Å². The van der Waals surface area contributed by atoms with Crippen molar-refractivity contribution in [2.75, 3.05) is 6.54 Å². The molecular weight excluding hydrogens is 300 g/mol. The standard InChI is InChI=1S/C17H26N2O2.ClH/c1-17(2,21-14-8-4-3-5-9-14)12-19-16(20)11-13-7-6-10-15(13)18;/h3-5,8-9,13,15H,6-7,10-12,18H2,1-2H3,(H,19,20);1H/t13-,15+;/m0./s1. The first kappa shape index (κ1) is 18.8. The molecular formula is C17H27ClN2O2. The van der Waals surface area contributed by atoms with Gasteiger partial charge < -0.3 is 15.8 Å². The summed E-state index contributed by atoms with van der Waals surface area (Å²) in [5, 5.41) is 2.97. The highest BCUT2D eigenvalue weighted by Crippen LogP contribution is 2.26. The predicted molar refractivity (Wildman–Crippen MR) is 91.3 cm³/mol. The lowest BCUT2D eigenvalue weighted by atomic mass is 9.99. The predicted octanol–water partition coefficient (Wildman–Crippen LogP) is 2.90. The fourth-order valence-electron chi connectivity index (χ4n) is 2.78. The fraction of sp³-hybridized carbons (Fsp3) is 0.588. The molecule has 0 spiro atoms. The third-order valence-corrected chi connectivity index (χ3v) is 4.01. The summed E-state index contributed by atoms with van der Waals surface area (Å²) in [4.78, 5) is 12.0. The van der Waals surface area contributed by atoms with E-state index in [0.717, 1.165) is 25.0 Å². The van der Waals surface area contributed by atoms with Crippen LogP contribution in [0.2, 0.25) is 0 Å². The molecule has 2 atom stereocenters. The second kappa shape index (κ2) is 8.39. The van der Waals surface area contributed by atoms with Gasteiger partial charge in [0, 0.05) is 12.5 Å². The number of nitrogens with two attached hydrogens (primary N) is 1. The minimum absolute atomic E-state index is 0. The van der Waals surface area contributed by atoms with Gasteiger partial charge in [-0.25, -0.2) is 0 Å². The fourth-order valence-corrected chi connectivity index (χ4v) is 2.78. The molecule has 1 aliphatic carbocycles. The summed E-state index contributed by atoms with van der Waals surface area (Å²) >= 11 is 0. The minimum Gasteiger partial charge on any atom is -0.486 e. The largest absolute Gasteiger partial charge is 0.486 e. The van der Waals surface area contributed by atoms with E-state index in [0.29, 0.717) is 18.9 Å². The van der Waals surface area contributed by atoms with Crippen molar-refractivity contribution in [3.8, 4) is 5.75 Å². The van der Waals surface area contributed by atoms with Crippen LogP contribution in [0.1, 0.15) is 39.5 Å². The topological polar surface area (TPSA) is 64.4 Å². The first-order chi connectivity index (χ1) is 9.96. The Bertz CT molecular complexity index is 465. The second-order valence-corrected chi connectivity index (χ2v) is 6.51. The van der Waals surface area contributed by atoms with E-state index in [-0.39, 0.29) is 24.4 Å². The summed E-state index contributed by atoms with van der Waals surface area (Å²) in [6.07, 6.45) is 3.78. The first-order valence-electron chi connectivity index (χ1n) is 7.73. The molecule has 5 heteroatoms. The lowest BCUT2D eigenvalue weighted by molar-refractivity contribution is -0.122. The van der Waals surface area contributed by atoms with E-state index < -0.39 is 5.60 Å². The number of hydrogen-bond acceptors (Lipinski definition) is 3. The van der Waals surface area contributed by atoms with Crippen LogP contribution in [0.4, 0.5) is 0 Å². The number of hydrogen-bond donors (Lipinski definition) is 2. The van der Waals surface area contributed by atoms with Crippen LogP contribution in [0.3, 0.4) is 0 Å². The molecule has 2 rings (SSSR count). The normalized spacial score (nSPS) is 21.0. The lowest BCUT2D eigenvalue weighted by Crippen LogP contribution is -2.43. The Balaban J connectivity index is 0.00000242. The molecule has 124 valence electrons. The van der Waals surface area contributed by atoms with Crippen molar-refractivity contribution in [1.29, 1.82) is 0 Å². The number of benzene rings is 1. The number of carbonyl (C=O) groups is 1. The summed E-state index contributed by atoms with van der Waals surface area (Å²) in [6, 6.07) is 9.84. The molecule has 1 aromatic rings. The molecule has 0 saturated heterocycles. The highest BCUT2D eigenvalue weighted by Gasteiger charge is 2.27. The number of para-hydroxylation sites is 1. The van der Waals surface area contributed by atoms with Gasteiger partial charge in [-0.1, -0.05) is 24.6 Å². The zero-order valence-electron chi connectivity index (χ0n) is 13.4. The molecule has 22 heavy (non-hydrogen) atoms. The highest BCUT2D eigenvalue weighted by molar-refractivity contribution is 5.85. The van der Waals surface area contributed by atoms with Crippen LogP contribution < -0.4 is 15.8 Å². The Hall–Kier alpha value is -1.26. The van der Waals surface area contributed by atoms with Crippen LogP contribution in [0.5, 0.6) is 5.75 Å². The third-order valence-electron chi connectivity index (χ3n) is 4.01. The van der Waals surface area contributed by atoms with Gasteiger partial charge in [-0.15, -0.1) is 12.4 Å². The van der Waals surface area contributed by atoms with Crippen molar-refractivity contribution in [3.05, 3.63) is 30.3 Å². The Labute approximate surface area is 139 Å². The summed E-state index contributed by atoms with van der Waals surface area (Å²) in [7, 11) is 0. The maximum Gasteiger partial charge on any atom is 0.220 e. The van der Waals surface area contributed by atoms with E-state index in [1.54, 1.807) is 0 Å². The first-order valence-corrected chi connectivity index (χ1v) is 7.73. The maximum atomic E-state index is 12.0. The van der Waals surface area contributed by atoms with E-state index in [2.05, 4.69) is 5.32 Å². The average molecular weight is 327 g/mol. The smallest absolute Gasteiger partial charge is 0.220 e. The molecule has 1 amide bonds. The molecule has 0 radical (unpaired) electrons. The van der Waals surface area contributed by atoms with Crippen molar-refractivity contribution >= 4 is 18.3 Å². The monoisotopic (exact) mass is 326 g/mol. The van der Waals surface area contributed by atoms with Crippen molar-refractivity contribution in [1.82, 2.24) is 5.32 Å². The molecule has 0 aromatic heterocycles. The van der Waals surface area contributed by atoms with Crippen molar-refractivity contribution in [2.45, 2.75) is 51.2 Å². The SMILES string of the molecule is CC(C)(CNC(=O)C[C@@H]1CCC[C@H]1N)Oc1ccccc1.Cl. The molecule has 0 unspecified atom stereocenters. The Morgan fingerprint density at radius 1 is 1.32 bits per heavy atom. The van der Waals surface area contributed by atoms with E-state index in [4.69, 9.17) is 10.5 Å². The molecule has 3 N–H and O–H groups in total. The number of halogens is 1. The number of nitrogens with one attached hydrogen (secondary N) is 1. The van der Waals surface area contributed by atoms with E-state index in [1.165, 1.54) is 0 Å². The van der Waals surface area contributed by atoms with Crippen molar-refractivity contribution in [2.24, 2.45) is 11.7 Å². The van der Waals surface area contributed by atoms with Crippen molar-refractivity contribution in [3.63, 3.8) is 0 Å². The third kappa shape index (κ3) is 5.85. The molecule has 1 aliphatic rings. The van der Waals surface area contributed by atoms with Crippen LogP contribution in [0.15, 0.2) is 30.3 Å². The van der Waals surface area contributed by atoms with Crippen LogP contribution in [0, 0.1) is 5.92 Å². The quantitative estimate of drug-likeness (QED) is 0.844. The molecule has 1 aromatic carbocycles.